The molecule has 0 fully saturated rings. The molecule has 3 heteroatoms. The van der Waals surface area contributed by atoms with Crippen molar-refractivity contribution in [1.82, 2.24) is 4.57 Å². The summed E-state index contributed by atoms with van der Waals surface area (Å²) in [7, 11) is 0. The third-order valence-corrected chi connectivity index (χ3v) is 15.5. The van der Waals surface area contributed by atoms with Gasteiger partial charge in [0.05, 0.1) is 5.52 Å². The van der Waals surface area contributed by atoms with Gasteiger partial charge in [0.25, 0.3) is 0 Å². The molecule has 11 rings (SSSR count). The summed E-state index contributed by atoms with van der Waals surface area (Å²) in [6.07, 6.45) is 25.4. The number of fused-ring (bicyclic) bond motifs is 5. The van der Waals surface area contributed by atoms with E-state index in [0.29, 0.717) is 28.9 Å². The molecule has 0 amide bonds. The zero-order valence-corrected chi connectivity index (χ0v) is 31.6. The number of thioether (sulfide) groups is 2. The van der Waals surface area contributed by atoms with Crippen molar-refractivity contribution in [3.8, 4) is 5.69 Å². The van der Waals surface area contributed by atoms with E-state index in [4.69, 9.17) is 0 Å². The van der Waals surface area contributed by atoms with Crippen molar-refractivity contribution in [2.45, 2.75) is 66.9 Å². The summed E-state index contributed by atoms with van der Waals surface area (Å²) < 4.78 is 2.56. The number of aromatic nitrogens is 1. The Balaban J connectivity index is 1.06. The second kappa shape index (κ2) is 13.1. The molecule has 5 unspecified atom stereocenters. The highest BCUT2D eigenvalue weighted by Gasteiger charge is 2.48. The minimum absolute atomic E-state index is 0.315. The Labute approximate surface area is 322 Å². The van der Waals surface area contributed by atoms with Gasteiger partial charge in [0.15, 0.2) is 0 Å². The van der Waals surface area contributed by atoms with Crippen LogP contribution in [0, 0.1) is 11.8 Å². The number of rotatable bonds is 4. The number of hydrogen-bond acceptors (Lipinski definition) is 2. The zero-order valence-electron chi connectivity index (χ0n) is 30.0. The van der Waals surface area contributed by atoms with Crippen LogP contribution < -0.4 is 0 Å². The van der Waals surface area contributed by atoms with Gasteiger partial charge in [0.1, 0.15) is 0 Å². The Hall–Kier alpha value is -4.44. The molecule has 5 aromatic rings. The van der Waals surface area contributed by atoms with Crippen molar-refractivity contribution in [3.63, 3.8) is 0 Å². The van der Waals surface area contributed by atoms with Gasteiger partial charge in [0.2, 0.25) is 0 Å². The quantitative estimate of drug-likeness (QED) is 0.182. The van der Waals surface area contributed by atoms with Crippen molar-refractivity contribution in [1.29, 1.82) is 0 Å². The van der Waals surface area contributed by atoms with Gasteiger partial charge in [-0.15, -0.1) is 11.8 Å². The average molecular weight is 722 g/mol. The minimum atomic E-state index is 0.315. The van der Waals surface area contributed by atoms with E-state index in [1.165, 1.54) is 68.7 Å². The summed E-state index contributed by atoms with van der Waals surface area (Å²) in [6, 6.07) is 38.9. The fourth-order valence-electron chi connectivity index (χ4n) is 10.6. The molecule has 0 saturated carbocycles. The van der Waals surface area contributed by atoms with Crippen LogP contribution in [0.1, 0.15) is 78.3 Å². The lowest BCUT2D eigenvalue weighted by Crippen LogP contribution is -2.39. The highest BCUT2D eigenvalue weighted by molar-refractivity contribution is 8.04. The minimum Gasteiger partial charge on any atom is -0.309 e. The van der Waals surface area contributed by atoms with Gasteiger partial charge in [0, 0.05) is 55.5 Å². The van der Waals surface area contributed by atoms with Crippen LogP contribution in [0.3, 0.4) is 0 Å². The lowest BCUT2D eigenvalue weighted by Gasteiger charge is -2.49. The van der Waals surface area contributed by atoms with E-state index in [9.17, 15) is 0 Å². The summed E-state index contributed by atoms with van der Waals surface area (Å²) in [5.74, 6) is 1.59. The van der Waals surface area contributed by atoms with Gasteiger partial charge in [-0.2, -0.15) is 0 Å². The van der Waals surface area contributed by atoms with Crippen molar-refractivity contribution in [2.24, 2.45) is 11.8 Å². The van der Waals surface area contributed by atoms with Crippen LogP contribution in [-0.4, -0.2) is 9.82 Å². The average Bonchev–Trinajstić information content (AvgIpc) is 3.57. The molecule has 0 saturated heterocycles. The van der Waals surface area contributed by atoms with E-state index in [-0.39, 0.29) is 0 Å². The van der Waals surface area contributed by atoms with Crippen LogP contribution in [-0.2, 0) is 6.42 Å². The van der Waals surface area contributed by atoms with Crippen LogP contribution >= 0.6 is 23.5 Å². The van der Waals surface area contributed by atoms with Gasteiger partial charge >= 0.3 is 0 Å². The van der Waals surface area contributed by atoms with Crippen LogP contribution in [0.2, 0.25) is 0 Å². The van der Waals surface area contributed by atoms with E-state index in [1.54, 1.807) is 26.5 Å². The van der Waals surface area contributed by atoms with Gasteiger partial charge in [-0.3, -0.25) is 0 Å². The number of aryl methyl sites for hydroxylation is 1. The van der Waals surface area contributed by atoms with E-state index in [0.717, 1.165) is 25.7 Å². The van der Waals surface area contributed by atoms with E-state index < -0.39 is 0 Å². The molecule has 0 radical (unpaired) electrons. The summed E-state index contributed by atoms with van der Waals surface area (Å²) in [4.78, 5) is 4.60. The predicted molar refractivity (Wildman–Crippen MR) is 227 cm³/mol. The molecule has 53 heavy (non-hydrogen) atoms. The van der Waals surface area contributed by atoms with Crippen LogP contribution in [0.25, 0.3) is 28.2 Å². The highest BCUT2D eigenvalue weighted by Crippen LogP contribution is 2.62. The van der Waals surface area contributed by atoms with Crippen molar-refractivity contribution in [3.05, 3.63) is 188 Å². The summed E-state index contributed by atoms with van der Waals surface area (Å²) >= 11 is 4.25. The first-order chi connectivity index (χ1) is 26.3. The van der Waals surface area contributed by atoms with Gasteiger partial charge in [-0.05, 0) is 108 Å². The lowest BCUT2D eigenvalue weighted by molar-refractivity contribution is 0.371. The molecule has 0 spiro atoms. The third-order valence-electron chi connectivity index (χ3n) is 12.7. The molecule has 260 valence electrons. The number of benzene rings is 4. The Morgan fingerprint density at radius 2 is 1.47 bits per heavy atom. The molecule has 1 aromatic heterocycles. The monoisotopic (exact) mass is 721 g/mol. The maximum atomic E-state index is 2.61. The molecule has 5 atom stereocenters. The fraction of sp³-hybridized carbons (Fsp3) is 0.240. The fourth-order valence-corrected chi connectivity index (χ4v) is 13.5. The SMILES string of the molecule is C1=CC2=C(CC1)C(C1C3=C(CC(c4cccc5c6c(n(-c7ccccc7)c45)C=CCC6)C=C3)Sc3ccccc31)C1C(c3ccccc3)=CCCC1S2. The van der Waals surface area contributed by atoms with E-state index in [2.05, 4.69) is 174 Å². The Morgan fingerprint density at radius 3 is 2.38 bits per heavy atom. The summed E-state index contributed by atoms with van der Waals surface area (Å²) in [5, 5.41) is 2.02. The first-order valence-corrected chi connectivity index (χ1v) is 21.4. The first kappa shape index (κ1) is 32.0. The molecule has 0 bridgehead atoms. The number of allylic oxidation sites excluding steroid dienone is 10. The molecule has 4 aromatic carbocycles. The normalized spacial score (nSPS) is 25.7. The largest absolute Gasteiger partial charge is 0.309 e. The topological polar surface area (TPSA) is 4.93 Å². The molecule has 0 N–H and O–H groups in total. The molecule has 6 aliphatic rings. The van der Waals surface area contributed by atoms with Crippen LogP contribution in [0.5, 0.6) is 0 Å². The second-order valence-corrected chi connectivity index (χ2v) is 17.9. The Kier molecular flexibility index (Phi) is 7.94. The van der Waals surface area contributed by atoms with Gasteiger partial charge in [-0.25, -0.2) is 0 Å². The smallest absolute Gasteiger partial charge is 0.0575 e. The molecule has 4 aliphatic carbocycles. The predicted octanol–water partition coefficient (Wildman–Crippen LogP) is 13.6. The molecule has 3 heterocycles. The van der Waals surface area contributed by atoms with Crippen molar-refractivity contribution < 1.29 is 0 Å². The number of nitrogens with zero attached hydrogens (tertiary/aromatic N) is 1. The standard InChI is InChI=1S/C50H43NS2/c1-3-15-32(16-4-1)35-22-14-28-45-48(35)49(40-21-9-12-27-44(40)52-45)47-39-20-8-11-26-43(39)53-46-31-33(29-30-41(46)47)36-23-13-24-38-37-19-7-10-25-42(37)51(50(36)38)34-17-5-2-6-18-34/h1-6,8,10-13,15-18,20,22-27,29-30,33,45,47-49H,7,9,14,19,21,28,31H2. The second-order valence-electron chi connectivity index (χ2n) is 15.5. The Morgan fingerprint density at radius 1 is 0.679 bits per heavy atom. The lowest BCUT2D eigenvalue weighted by atomic mass is 9.62. The maximum absolute atomic E-state index is 2.61. The van der Waals surface area contributed by atoms with E-state index in [1.807, 2.05) is 0 Å². The summed E-state index contributed by atoms with van der Waals surface area (Å²) in [5.41, 5.74) is 14.8. The van der Waals surface area contributed by atoms with Crippen molar-refractivity contribution >= 4 is 46.1 Å². The molecule has 1 nitrogen and oxygen atoms in total. The molecular formula is C50H43NS2. The molecular weight excluding hydrogens is 679 g/mol. The number of hydrogen-bond donors (Lipinski definition) is 0. The molecule has 2 aliphatic heterocycles. The van der Waals surface area contributed by atoms with E-state index >= 15 is 0 Å². The van der Waals surface area contributed by atoms with Gasteiger partial charge < -0.3 is 4.57 Å². The van der Waals surface area contributed by atoms with Crippen molar-refractivity contribution in [2.75, 3.05) is 0 Å². The number of para-hydroxylation sites is 2. The zero-order chi connectivity index (χ0) is 34.9. The highest BCUT2D eigenvalue weighted by atomic mass is 32.2. The maximum Gasteiger partial charge on any atom is 0.0575 e. The van der Waals surface area contributed by atoms with Crippen LogP contribution in [0.15, 0.2) is 165 Å². The Bertz CT molecular complexity index is 2450. The van der Waals surface area contributed by atoms with Crippen LogP contribution in [0.4, 0.5) is 0 Å². The third kappa shape index (κ3) is 5.22. The first-order valence-electron chi connectivity index (χ1n) is 19.7. The summed E-state index contributed by atoms with van der Waals surface area (Å²) in [6.45, 7) is 0. The van der Waals surface area contributed by atoms with Gasteiger partial charge in [-0.1, -0.05) is 139 Å².